The van der Waals surface area contributed by atoms with Crippen LogP contribution in [0.2, 0.25) is 0 Å². The Morgan fingerprint density at radius 2 is 2.28 bits per heavy atom. The van der Waals surface area contributed by atoms with Crippen molar-refractivity contribution in [1.29, 1.82) is 0 Å². The molecule has 2 aromatic rings. The van der Waals surface area contributed by atoms with E-state index in [1.54, 1.807) is 7.11 Å². The molecule has 1 aliphatic rings. The van der Waals surface area contributed by atoms with E-state index < -0.39 is 0 Å². The van der Waals surface area contributed by atoms with E-state index in [1.165, 1.54) is 5.56 Å². The molecule has 0 bridgehead atoms. The lowest BCUT2D eigenvalue weighted by Gasteiger charge is -2.09. The quantitative estimate of drug-likeness (QED) is 0.814. The molecule has 2 N–H and O–H groups in total. The molecule has 0 saturated heterocycles. The Morgan fingerprint density at radius 1 is 1.39 bits per heavy atom. The lowest BCUT2D eigenvalue weighted by Crippen LogP contribution is -1.96. The summed E-state index contributed by atoms with van der Waals surface area (Å²) in [6, 6.07) is 7.94. The van der Waals surface area contributed by atoms with Crippen LogP contribution in [0.3, 0.4) is 0 Å². The van der Waals surface area contributed by atoms with Crippen molar-refractivity contribution in [2.45, 2.75) is 6.42 Å². The second-order valence-electron chi connectivity index (χ2n) is 4.15. The lowest BCUT2D eigenvalue weighted by molar-refractivity contribution is 0.415. The van der Waals surface area contributed by atoms with Crippen molar-refractivity contribution in [1.82, 2.24) is 9.97 Å². The molecule has 5 heteroatoms. The Labute approximate surface area is 110 Å². The first-order chi connectivity index (χ1) is 8.78. The Kier molecular flexibility index (Phi) is 2.76. The summed E-state index contributed by atoms with van der Waals surface area (Å²) in [4.78, 5) is 7.48. The fourth-order valence-electron chi connectivity index (χ4n) is 2.22. The number of fused-ring (bicyclic) bond motifs is 1. The smallest absolute Gasteiger partial charge is 0.199 e. The van der Waals surface area contributed by atoms with Crippen LogP contribution in [-0.4, -0.2) is 23.6 Å². The number of H-pyrrole nitrogens is 1. The maximum Gasteiger partial charge on any atom is 0.199 e. The summed E-state index contributed by atoms with van der Waals surface area (Å²) in [6.07, 6.45) is 0.959. The summed E-state index contributed by atoms with van der Waals surface area (Å²) in [5.41, 5.74) is 3.30. The van der Waals surface area contributed by atoms with Gasteiger partial charge in [0.2, 0.25) is 0 Å². The molecule has 1 aliphatic heterocycles. The van der Waals surface area contributed by atoms with Crippen molar-refractivity contribution >= 4 is 18.0 Å². The first-order valence-corrected chi connectivity index (χ1v) is 6.20. The molecule has 1 aromatic carbocycles. The van der Waals surface area contributed by atoms with Gasteiger partial charge < -0.3 is 15.0 Å². The molecular formula is C13H13N3OS. The van der Waals surface area contributed by atoms with Gasteiger partial charge in [0.05, 0.1) is 12.8 Å². The average Bonchev–Trinajstić information content (AvgIpc) is 2.85. The lowest BCUT2D eigenvalue weighted by atomic mass is 10.1. The summed E-state index contributed by atoms with van der Waals surface area (Å²) < 4.78 is 5.76. The van der Waals surface area contributed by atoms with E-state index in [9.17, 15) is 0 Å². The van der Waals surface area contributed by atoms with Crippen molar-refractivity contribution in [3.8, 4) is 17.0 Å². The van der Waals surface area contributed by atoms with E-state index in [4.69, 9.17) is 17.0 Å². The highest BCUT2D eigenvalue weighted by Gasteiger charge is 2.17. The third kappa shape index (κ3) is 1.86. The van der Waals surface area contributed by atoms with E-state index in [0.29, 0.717) is 4.77 Å². The van der Waals surface area contributed by atoms with Gasteiger partial charge in [0.25, 0.3) is 0 Å². The predicted molar refractivity (Wildman–Crippen MR) is 73.6 cm³/mol. The van der Waals surface area contributed by atoms with Crippen LogP contribution in [0.1, 0.15) is 5.56 Å². The normalized spacial score (nSPS) is 12.9. The number of hydrogen-bond acceptors (Lipinski definition) is 4. The Morgan fingerprint density at radius 3 is 3.11 bits per heavy atom. The van der Waals surface area contributed by atoms with Crippen molar-refractivity contribution < 1.29 is 4.74 Å². The fourth-order valence-corrected chi connectivity index (χ4v) is 2.41. The van der Waals surface area contributed by atoms with Gasteiger partial charge in [0, 0.05) is 17.7 Å². The number of nitrogens with zero attached hydrogens (tertiary/aromatic N) is 1. The number of nitrogens with one attached hydrogen (secondary N) is 2. The summed E-state index contributed by atoms with van der Waals surface area (Å²) in [6.45, 7) is 0.909. The van der Waals surface area contributed by atoms with E-state index in [1.807, 2.05) is 24.3 Å². The Balaban J connectivity index is 2.19. The molecule has 0 fully saturated rings. The summed E-state index contributed by atoms with van der Waals surface area (Å²) in [5.74, 6) is 1.74. The highest BCUT2D eigenvalue weighted by Crippen LogP contribution is 2.31. The van der Waals surface area contributed by atoms with Crippen LogP contribution in [-0.2, 0) is 6.42 Å². The maximum absolute atomic E-state index is 5.25. The minimum absolute atomic E-state index is 0.501. The summed E-state index contributed by atoms with van der Waals surface area (Å²) in [5, 5.41) is 3.25. The highest BCUT2D eigenvalue weighted by atomic mass is 32.1. The zero-order valence-electron chi connectivity index (χ0n) is 9.99. The van der Waals surface area contributed by atoms with Crippen LogP contribution in [0, 0.1) is 4.77 Å². The minimum atomic E-state index is 0.501. The van der Waals surface area contributed by atoms with Crippen LogP contribution < -0.4 is 10.1 Å². The SMILES string of the molecule is COc1cccc(-c2[nH]c(=S)nc3c2CCN3)c1. The van der Waals surface area contributed by atoms with Gasteiger partial charge in [-0.1, -0.05) is 12.1 Å². The zero-order valence-corrected chi connectivity index (χ0v) is 10.8. The van der Waals surface area contributed by atoms with Gasteiger partial charge in [0.15, 0.2) is 4.77 Å². The van der Waals surface area contributed by atoms with Crippen molar-refractivity contribution in [2.75, 3.05) is 19.0 Å². The van der Waals surface area contributed by atoms with E-state index >= 15 is 0 Å². The van der Waals surface area contributed by atoms with E-state index in [2.05, 4.69) is 15.3 Å². The third-order valence-electron chi connectivity index (χ3n) is 3.06. The number of aromatic nitrogens is 2. The molecule has 0 amide bonds. The number of methoxy groups -OCH3 is 1. The largest absolute Gasteiger partial charge is 0.497 e. The molecule has 0 spiro atoms. The zero-order chi connectivity index (χ0) is 12.5. The Bertz CT molecular complexity index is 651. The number of hydrogen-bond donors (Lipinski definition) is 2. The summed E-state index contributed by atoms with van der Waals surface area (Å²) >= 11 is 5.16. The standard InChI is InChI=1S/C13H13N3OS/c1-17-9-4-2-3-8(7-9)11-10-5-6-14-12(10)16-13(18)15-11/h2-4,7H,5-6H2,1H3,(H2,14,15,16,18). The average molecular weight is 259 g/mol. The number of benzene rings is 1. The van der Waals surface area contributed by atoms with E-state index in [-0.39, 0.29) is 0 Å². The fraction of sp³-hybridized carbons (Fsp3) is 0.231. The van der Waals surface area contributed by atoms with Crippen LogP contribution >= 0.6 is 12.2 Å². The van der Waals surface area contributed by atoms with Crippen LogP contribution in [0.4, 0.5) is 5.82 Å². The second kappa shape index (κ2) is 4.42. The molecule has 0 aliphatic carbocycles. The van der Waals surface area contributed by atoms with Gasteiger partial charge in [-0.3, -0.25) is 0 Å². The van der Waals surface area contributed by atoms with Crippen LogP contribution in [0.25, 0.3) is 11.3 Å². The molecule has 0 atom stereocenters. The summed E-state index contributed by atoms with van der Waals surface area (Å²) in [7, 11) is 1.67. The molecular weight excluding hydrogens is 246 g/mol. The van der Waals surface area contributed by atoms with Crippen molar-refractivity contribution in [3.05, 3.63) is 34.6 Å². The Hall–Kier alpha value is -1.88. The van der Waals surface area contributed by atoms with Gasteiger partial charge >= 0.3 is 0 Å². The molecule has 4 nitrogen and oxygen atoms in total. The van der Waals surface area contributed by atoms with Crippen molar-refractivity contribution in [3.63, 3.8) is 0 Å². The van der Waals surface area contributed by atoms with Crippen molar-refractivity contribution in [2.24, 2.45) is 0 Å². The highest BCUT2D eigenvalue weighted by molar-refractivity contribution is 7.71. The number of anilines is 1. The van der Waals surface area contributed by atoms with Gasteiger partial charge in [-0.05, 0) is 30.8 Å². The molecule has 3 rings (SSSR count). The third-order valence-corrected chi connectivity index (χ3v) is 3.25. The van der Waals surface area contributed by atoms with Gasteiger partial charge in [-0.25, -0.2) is 4.98 Å². The van der Waals surface area contributed by atoms with Gasteiger partial charge in [0.1, 0.15) is 11.6 Å². The first-order valence-electron chi connectivity index (χ1n) is 5.79. The number of aromatic amines is 1. The monoisotopic (exact) mass is 259 g/mol. The first kappa shape index (κ1) is 11.2. The maximum atomic E-state index is 5.25. The van der Waals surface area contributed by atoms with Crippen LogP contribution in [0.15, 0.2) is 24.3 Å². The molecule has 92 valence electrons. The second-order valence-corrected chi connectivity index (χ2v) is 4.54. The molecule has 0 saturated carbocycles. The number of ether oxygens (including phenoxy) is 1. The number of rotatable bonds is 2. The molecule has 0 radical (unpaired) electrons. The molecule has 2 heterocycles. The molecule has 1 aromatic heterocycles. The minimum Gasteiger partial charge on any atom is -0.497 e. The van der Waals surface area contributed by atoms with Gasteiger partial charge in [-0.2, -0.15) is 0 Å². The predicted octanol–water partition coefficient (Wildman–Crippen LogP) is 2.78. The van der Waals surface area contributed by atoms with Crippen LogP contribution in [0.5, 0.6) is 5.75 Å². The van der Waals surface area contributed by atoms with Gasteiger partial charge in [-0.15, -0.1) is 0 Å². The molecule has 18 heavy (non-hydrogen) atoms. The van der Waals surface area contributed by atoms with E-state index in [0.717, 1.165) is 35.8 Å². The topological polar surface area (TPSA) is 49.9 Å². The molecule has 0 unspecified atom stereocenters.